The largest absolute Gasteiger partial charge is 0.472 e. The summed E-state index contributed by atoms with van der Waals surface area (Å²) < 4.78 is 47.7. The summed E-state index contributed by atoms with van der Waals surface area (Å²) in [6, 6.07) is 0. The highest BCUT2D eigenvalue weighted by molar-refractivity contribution is 7.47. The van der Waals surface area contributed by atoms with Crippen LogP contribution >= 0.6 is 15.6 Å². The molecule has 356 valence electrons. The van der Waals surface area contributed by atoms with Crippen LogP contribution in [-0.2, 0) is 46.6 Å². The number of esters is 2. The lowest BCUT2D eigenvalue weighted by atomic mass is 9.90. The lowest BCUT2D eigenvalue weighted by molar-refractivity contribution is -0.161. The number of ether oxygens (including phenoxy) is 2. The molecule has 1 aliphatic rings. The molecule has 18 heteroatoms. The van der Waals surface area contributed by atoms with E-state index in [9.17, 15) is 43.7 Å². The Bertz CT molecular complexity index is 1490. The molecule has 0 aromatic rings. The van der Waals surface area contributed by atoms with Gasteiger partial charge in [-0.15, -0.1) is 0 Å². The van der Waals surface area contributed by atoms with Gasteiger partial charge in [-0.2, -0.15) is 0 Å². The number of aliphatic hydroxyl groups is 3. The molecular formula is C44H74O16P2. The number of unbranched alkanes of at least 4 members (excludes halogenated alkanes) is 8. The summed E-state index contributed by atoms with van der Waals surface area (Å²) in [5.41, 5.74) is 0. The predicted octanol–water partition coefficient (Wildman–Crippen LogP) is 7.81. The fraction of sp³-hybridized carbons (Fsp3) is 0.705. The summed E-state index contributed by atoms with van der Waals surface area (Å²) in [6.45, 7) is 1.26. The van der Waals surface area contributed by atoms with E-state index in [0.717, 1.165) is 44.9 Å². The fourth-order valence-electron chi connectivity index (χ4n) is 6.28. The number of hydrogen-bond acceptors (Lipinski definition) is 13. The molecule has 1 rings (SSSR count). The van der Waals surface area contributed by atoms with Crippen molar-refractivity contribution in [1.29, 1.82) is 0 Å². The van der Waals surface area contributed by atoms with Crippen molar-refractivity contribution in [2.45, 2.75) is 160 Å². The molecular weight excluding hydrogens is 846 g/mol. The molecule has 0 aliphatic heterocycles. The SMILES string of the molecule is CCCCC/C=C\C/C=C\C/C=C\CCCCC(=O)O[C@H](COC(=O)CCC/C=C\C[C@H]1C(=O)C[C@@H](O)[C@@H]1/C=C/[C@@H](O)CCCCC)COP(=O)(O)OC[C@@H](O)COP(=O)(O)O. The molecule has 0 radical (unpaired) electrons. The Morgan fingerprint density at radius 3 is 1.94 bits per heavy atom. The second-order valence-electron chi connectivity index (χ2n) is 15.4. The average molecular weight is 921 g/mol. The average Bonchev–Trinajstić information content (AvgIpc) is 3.49. The van der Waals surface area contributed by atoms with E-state index >= 15 is 0 Å². The van der Waals surface area contributed by atoms with E-state index in [1.807, 2.05) is 18.2 Å². The minimum atomic E-state index is -4.90. The second kappa shape index (κ2) is 34.8. The van der Waals surface area contributed by atoms with E-state index in [0.29, 0.717) is 38.5 Å². The number of carbonyl (C=O) groups excluding carboxylic acids is 3. The van der Waals surface area contributed by atoms with Crippen molar-refractivity contribution in [3.8, 4) is 0 Å². The predicted molar refractivity (Wildman–Crippen MR) is 235 cm³/mol. The zero-order valence-corrected chi connectivity index (χ0v) is 38.5. The Hall–Kier alpha value is -2.59. The first-order valence-electron chi connectivity index (χ1n) is 22.1. The van der Waals surface area contributed by atoms with Crippen molar-refractivity contribution in [3.05, 3.63) is 60.8 Å². The van der Waals surface area contributed by atoms with E-state index in [1.165, 1.54) is 19.3 Å². The van der Waals surface area contributed by atoms with E-state index < -0.39 is 84.3 Å². The molecule has 0 bridgehead atoms. The van der Waals surface area contributed by atoms with Gasteiger partial charge in [-0.05, 0) is 70.6 Å². The molecule has 0 aromatic carbocycles. The smallest absolute Gasteiger partial charge is 0.462 e. The van der Waals surface area contributed by atoms with Gasteiger partial charge in [0, 0.05) is 31.1 Å². The van der Waals surface area contributed by atoms with Crippen LogP contribution in [0.5, 0.6) is 0 Å². The van der Waals surface area contributed by atoms with Gasteiger partial charge in [0.05, 0.1) is 32.0 Å². The van der Waals surface area contributed by atoms with Gasteiger partial charge in [0.25, 0.3) is 0 Å². The first-order valence-corrected chi connectivity index (χ1v) is 25.1. The molecule has 62 heavy (non-hydrogen) atoms. The number of Topliss-reactive ketones (excluding diaryl/α,β-unsaturated/α-hetero) is 1. The number of hydrogen-bond donors (Lipinski definition) is 6. The lowest BCUT2D eigenvalue weighted by Crippen LogP contribution is -2.29. The van der Waals surface area contributed by atoms with Crippen molar-refractivity contribution < 1.29 is 76.6 Å². The number of phosphoric acid groups is 2. The zero-order valence-electron chi connectivity index (χ0n) is 36.7. The van der Waals surface area contributed by atoms with Gasteiger partial charge in [-0.25, -0.2) is 9.13 Å². The van der Waals surface area contributed by atoms with Gasteiger partial charge < -0.3 is 39.5 Å². The highest BCUT2D eigenvalue weighted by Crippen LogP contribution is 2.44. The van der Waals surface area contributed by atoms with Crippen LogP contribution in [0, 0.1) is 11.8 Å². The molecule has 6 N–H and O–H groups in total. The number of rotatable bonds is 37. The summed E-state index contributed by atoms with van der Waals surface area (Å²) in [5.74, 6) is -2.13. The molecule has 0 saturated heterocycles. The zero-order chi connectivity index (χ0) is 46.1. The van der Waals surface area contributed by atoms with Crippen molar-refractivity contribution in [3.63, 3.8) is 0 Å². The third-order valence-corrected chi connectivity index (χ3v) is 11.2. The van der Waals surface area contributed by atoms with Crippen LogP contribution in [0.15, 0.2) is 60.8 Å². The minimum Gasteiger partial charge on any atom is -0.462 e. The quantitative estimate of drug-likeness (QED) is 0.0150. The fourth-order valence-corrected chi connectivity index (χ4v) is 7.43. The summed E-state index contributed by atoms with van der Waals surface area (Å²) >= 11 is 0. The lowest BCUT2D eigenvalue weighted by Gasteiger charge is -2.20. The van der Waals surface area contributed by atoms with Gasteiger partial charge in [0.15, 0.2) is 6.10 Å². The van der Waals surface area contributed by atoms with Crippen LogP contribution in [0.4, 0.5) is 0 Å². The molecule has 1 fully saturated rings. The molecule has 16 nitrogen and oxygen atoms in total. The first-order chi connectivity index (χ1) is 29.6. The molecule has 7 atom stereocenters. The second-order valence-corrected chi connectivity index (χ2v) is 18.1. The number of ketones is 1. The molecule has 1 aliphatic carbocycles. The Labute approximate surface area is 368 Å². The van der Waals surface area contributed by atoms with Gasteiger partial charge in [0.2, 0.25) is 0 Å². The monoisotopic (exact) mass is 920 g/mol. The number of phosphoric ester groups is 2. The van der Waals surface area contributed by atoms with Crippen LogP contribution in [-0.4, -0.2) is 98.6 Å². The molecule has 0 aromatic heterocycles. The maximum absolute atomic E-state index is 12.7. The standard InChI is InChI=1S/C44H74O16P2/c1-3-5-7-8-9-10-11-12-13-14-15-16-17-18-24-28-44(50)60-38(35-59-62(54,55)58-33-37(46)32-57-61(51,52)53)34-56-43(49)27-23-20-19-22-26-39-40(42(48)31-41(39)47)30-29-36(45)25-21-6-4-2/h9-10,12-13,15-16,19,22,29-30,36-40,42,45-46,48H,3-8,11,14,17-18,20-21,23-28,31-35H2,1-2H3,(H,54,55)(H2,51,52,53)/b10-9-,13-12-,16-15-,22-19-,30-29+/t36-,37-,38+,39+,40+,42+/m0/s1. The van der Waals surface area contributed by atoms with Crippen LogP contribution < -0.4 is 0 Å². The normalized spacial score (nSPS) is 19.9. The highest BCUT2D eigenvalue weighted by Gasteiger charge is 2.39. The highest BCUT2D eigenvalue weighted by atomic mass is 31.2. The minimum absolute atomic E-state index is 0.0100. The summed E-state index contributed by atoms with van der Waals surface area (Å²) in [7, 11) is -9.79. The third-order valence-electron chi connectivity index (χ3n) is 9.74. The van der Waals surface area contributed by atoms with Crippen molar-refractivity contribution >= 4 is 33.4 Å². The van der Waals surface area contributed by atoms with E-state index in [2.05, 4.69) is 53.3 Å². The van der Waals surface area contributed by atoms with Gasteiger partial charge in [-0.3, -0.25) is 28.0 Å². The van der Waals surface area contributed by atoms with Gasteiger partial charge in [0.1, 0.15) is 18.5 Å². The molecule has 1 saturated carbocycles. The Morgan fingerprint density at radius 2 is 1.27 bits per heavy atom. The van der Waals surface area contributed by atoms with Crippen LogP contribution in [0.3, 0.4) is 0 Å². The maximum atomic E-state index is 12.7. The summed E-state index contributed by atoms with van der Waals surface area (Å²) in [4.78, 5) is 65.4. The van der Waals surface area contributed by atoms with Crippen LogP contribution in [0.25, 0.3) is 0 Å². The summed E-state index contributed by atoms with van der Waals surface area (Å²) in [6.07, 6.45) is 28.7. The summed E-state index contributed by atoms with van der Waals surface area (Å²) in [5, 5.41) is 30.4. The Balaban J connectivity index is 2.61. The van der Waals surface area contributed by atoms with Crippen molar-refractivity contribution in [2.75, 3.05) is 26.4 Å². The molecule has 0 amide bonds. The topological polar surface area (TPSA) is 253 Å². The van der Waals surface area contributed by atoms with E-state index in [1.54, 1.807) is 12.2 Å². The molecule has 0 heterocycles. The van der Waals surface area contributed by atoms with Gasteiger partial charge >= 0.3 is 27.6 Å². The van der Waals surface area contributed by atoms with Crippen molar-refractivity contribution in [2.24, 2.45) is 11.8 Å². The number of allylic oxidation sites excluding steroid dienone is 8. The first kappa shape index (κ1) is 57.4. The van der Waals surface area contributed by atoms with Crippen LogP contribution in [0.1, 0.15) is 136 Å². The third kappa shape index (κ3) is 31.3. The van der Waals surface area contributed by atoms with Gasteiger partial charge in [-0.1, -0.05) is 107 Å². The maximum Gasteiger partial charge on any atom is 0.472 e. The Morgan fingerprint density at radius 1 is 0.710 bits per heavy atom. The van der Waals surface area contributed by atoms with Crippen LogP contribution in [0.2, 0.25) is 0 Å². The number of aliphatic hydroxyl groups excluding tert-OH is 3. The van der Waals surface area contributed by atoms with Crippen molar-refractivity contribution in [1.82, 2.24) is 0 Å². The number of carbonyl (C=O) groups is 3. The molecule has 1 unspecified atom stereocenters. The molecule has 0 spiro atoms. The van der Waals surface area contributed by atoms with E-state index in [-0.39, 0.29) is 31.0 Å². The van der Waals surface area contributed by atoms with E-state index in [4.69, 9.17) is 23.8 Å². The Kier molecular flexibility index (Phi) is 32.2.